The van der Waals surface area contributed by atoms with Crippen molar-refractivity contribution in [2.24, 2.45) is 10.8 Å². The molecule has 0 aromatic rings. The molecular formula is C11H25N5O. The summed E-state index contributed by atoms with van der Waals surface area (Å²) in [4.78, 5) is 8.96. The van der Waals surface area contributed by atoms with Crippen LogP contribution < -0.4 is 11.3 Å². The Morgan fingerprint density at radius 3 is 2.82 bits per heavy atom. The van der Waals surface area contributed by atoms with Crippen LogP contribution in [0.2, 0.25) is 0 Å². The van der Waals surface area contributed by atoms with E-state index in [-0.39, 0.29) is 6.04 Å². The van der Waals surface area contributed by atoms with Crippen LogP contribution in [-0.2, 0) is 4.74 Å². The topological polar surface area (TPSA) is 66.1 Å². The Hall–Kier alpha value is -0.850. The molecule has 2 unspecified atom stereocenters. The van der Waals surface area contributed by atoms with E-state index in [1.807, 2.05) is 6.92 Å². The smallest absolute Gasteiger partial charge is 0.208 e. The fourth-order valence-corrected chi connectivity index (χ4v) is 2.05. The minimum absolute atomic E-state index is 0.115. The van der Waals surface area contributed by atoms with Gasteiger partial charge in [-0.2, -0.15) is 0 Å². The van der Waals surface area contributed by atoms with Gasteiger partial charge in [-0.1, -0.05) is 0 Å². The number of guanidine groups is 1. The summed E-state index contributed by atoms with van der Waals surface area (Å²) in [5.74, 6) is 6.30. The van der Waals surface area contributed by atoms with Crippen LogP contribution in [0.3, 0.4) is 0 Å². The zero-order valence-electron chi connectivity index (χ0n) is 11.3. The van der Waals surface area contributed by atoms with Crippen molar-refractivity contribution in [1.29, 1.82) is 0 Å². The molecule has 1 aliphatic rings. The first kappa shape index (κ1) is 14.2. The summed E-state index contributed by atoms with van der Waals surface area (Å²) in [5, 5.41) is 0. The Bertz CT molecular complexity index is 256. The number of likely N-dealkylation sites (N-methyl/N-ethyl adjacent to an activating group) is 1. The molecule has 0 aromatic carbocycles. The maximum atomic E-state index is 5.54. The van der Waals surface area contributed by atoms with Gasteiger partial charge >= 0.3 is 0 Å². The second kappa shape index (κ2) is 6.78. The monoisotopic (exact) mass is 243 g/mol. The molecule has 0 aromatic heterocycles. The molecule has 100 valence electrons. The number of likely N-dealkylation sites (tertiary alicyclic amines) is 1. The summed E-state index contributed by atoms with van der Waals surface area (Å²) in [6.07, 6.45) is 1.15. The molecule has 0 saturated carbocycles. The van der Waals surface area contributed by atoms with Crippen LogP contribution in [0.4, 0.5) is 0 Å². The van der Waals surface area contributed by atoms with Gasteiger partial charge in [-0.3, -0.25) is 5.43 Å². The second-order valence-corrected chi connectivity index (χ2v) is 4.75. The first-order valence-electron chi connectivity index (χ1n) is 6.03. The largest absolute Gasteiger partial charge is 0.382 e. The molecule has 1 aliphatic heterocycles. The van der Waals surface area contributed by atoms with Crippen LogP contribution in [0.5, 0.6) is 0 Å². The summed E-state index contributed by atoms with van der Waals surface area (Å²) < 4.78 is 5.07. The van der Waals surface area contributed by atoms with Crippen LogP contribution in [-0.4, -0.2) is 68.7 Å². The number of hydrazine groups is 1. The summed E-state index contributed by atoms with van der Waals surface area (Å²) >= 11 is 0. The molecule has 0 radical (unpaired) electrons. The lowest BCUT2D eigenvalue weighted by atomic mass is 10.2. The van der Waals surface area contributed by atoms with Gasteiger partial charge in [-0.15, -0.1) is 0 Å². The number of methoxy groups -OCH3 is 1. The normalized spacial score (nSPS) is 23.3. The van der Waals surface area contributed by atoms with Gasteiger partial charge in [0.15, 0.2) is 0 Å². The first-order valence-corrected chi connectivity index (χ1v) is 6.03. The van der Waals surface area contributed by atoms with Gasteiger partial charge in [0.25, 0.3) is 0 Å². The van der Waals surface area contributed by atoms with Crippen molar-refractivity contribution in [2.75, 3.05) is 40.9 Å². The van der Waals surface area contributed by atoms with E-state index in [0.717, 1.165) is 25.5 Å². The average molecular weight is 243 g/mol. The lowest BCUT2D eigenvalue weighted by molar-refractivity contribution is 0.185. The molecule has 0 amide bonds. The van der Waals surface area contributed by atoms with Crippen LogP contribution in [0.1, 0.15) is 13.3 Å². The minimum atomic E-state index is 0.115. The Morgan fingerprint density at radius 1 is 1.65 bits per heavy atom. The van der Waals surface area contributed by atoms with Gasteiger partial charge in [0.1, 0.15) is 0 Å². The third-order valence-electron chi connectivity index (χ3n) is 3.07. The number of aliphatic imine (C=N–C) groups is 1. The Balaban J connectivity index is 2.57. The third kappa shape index (κ3) is 4.14. The molecule has 1 fully saturated rings. The standard InChI is InChI=1S/C11H25N5O/c1-9(8-17-4)13-11(14-12)16-6-5-10(7-16)15(2)3/h9-10H,5-8,12H2,1-4H3,(H,13,14). The fraction of sp³-hybridized carbons (Fsp3) is 0.909. The summed E-state index contributed by atoms with van der Waals surface area (Å²) in [6.45, 7) is 4.58. The van der Waals surface area contributed by atoms with Crippen molar-refractivity contribution in [2.45, 2.75) is 25.4 Å². The zero-order chi connectivity index (χ0) is 12.8. The molecule has 0 spiro atoms. The third-order valence-corrected chi connectivity index (χ3v) is 3.07. The molecule has 0 bridgehead atoms. The van der Waals surface area contributed by atoms with Crippen molar-refractivity contribution >= 4 is 5.96 Å². The predicted octanol–water partition coefficient (Wildman–Crippen LogP) is -0.523. The molecule has 6 nitrogen and oxygen atoms in total. The molecule has 17 heavy (non-hydrogen) atoms. The van der Waals surface area contributed by atoms with Gasteiger partial charge in [-0.05, 0) is 27.4 Å². The van der Waals surface area contributed by atoms with E-state index in [9.17, 15) is 0 Å². The zero-order valence-corrected chi connectivity index (χ0v) is 11.3. The van der Waals surface area contributed by atoms with Crippen molar-refractivity contribution in [1.82, 2.24) is 15.2 Å². The van der Waals surface area contributed by atoms with Crippen molar-refractivity contribution in [3.05, 3.63) is 0 Å². The van der Waals surface area contributed by atoms with Crippen LogP contribution in [0.15, 0.2) is 4.99 Å². The SMILES string of the molecule is COCC(C)N=C(NN)N1CCC(N(C)C)C1. The van der Waals surface area contributed by atoms with E-state index in [1.165, 1.54) is 0 Å². The second-order valence-electron chi connectivity index (χ2n) is 4.75. The van der Waals surface area contributed by atoms with Crippen LogP contribution in [0, 0.1) is 0 Å². The molecule has 0 aliphatic carbocycles. The van der Waals surface area contributed by atoms with Gasteiger partial charge in [0, 0.05) is 26.2 Å². The highest BCUT2D eigenvalue weighted by molar-refractivity contribution is 5.79. The van der Waals surface area contributed by atoms with Gasteiger partial charge in [0.05, 0.1) is 12.6 Å². The summed E-state index contributed by atoms with van der Waals surface area (Å²) in [5.41, 5.74) is 2.69. The minimum Gasteiger partial charge on any atom is -0.382 e. The molecule has 1 heterocycles. The number of hydrogen-bond acceptors (Lipinski definition) is 4. The fourth-order valence-electron chi connectivity index (χ4n) is 2.05. The molecule has 3 N–H and O–H groups in total. The molecule has 6 heteroatoms. The van der Waals surface area contributed by atoms with E-state index in [4.69, 9.17) is 10.6 Å². The highest BCUT2D eigenvalue weighted by Gasteiger charge is 2.26. The predicted molar refractivity (Wildman–Crippen MR) is 69.8 cm³/mol. The van der Waals surface area contributed by atoms with Crippen LogP contribution in [0.25, 0.3) is 0 Å². The number of ether oxygens (including phenoxy) is 1. The number of nitrogens with zero attached hydrogens (tertiary/aromatic N) is 3. The molecule has 1 saturated heterocycles. The van der Waals surface area contributed by atoms with Gasteiger partial charge in [0.2, 0.25) is 5.96 Å². The summed E-state index contributed by atoms with van der Waals surface area (Å²) in [7, 11) is 5.89. The number of nitrogens with two attached hydrogens (primary N) is 1. The maximum Gasteiger partial charge on any atom is 0.208 e. The van der Waals surface area contributed by atoms with E-state index in [2.05, 4.69) is 34.3 Å². The van der Waals surface area contributed by atoms with E-state index >= 15 is 0 Å². The highest BCUT2D eigenvalue weighted by Crippen LogP contribution is 2.13. The van der Waals surface area contributed by atoms with E-state index in [1.54, 1.807) is 7.11 Å². The van der Waals surface area contributed by atoms with Crippen molar-refractivity contribution in [3.63, 3.8) is 0 Å². The van der Waals surface area contributed by atoms with E-state index < -0.39 is 0 Å². The maximum absolute atomic E-state index is 5.54. The van der Waals surface area contributed by atoms with Gasteiger partial charge < -0.3 is 14.5 Å². The van der Waals surface area contributed by atoms with Crippen molar-refractivity contribution < 1.29 is 4.74 Å². The Labute approximate surface area is 104 Å². The number of rotatable bonds is 4. The molecule has 2 atom stereocenters. The summed E-state index contributed by atoms with van der Waals surface area (Å²) in [6, 6.07) is 0.690. The highest BCUT2D eigenvalue weighted by atomic mass is 16.5. The van der Waals surface area contributed by atoms with Gasteiger partial charge in [-0.25, -0.2) is 10.8 Å². The quantitative estimate of drug-likeness (QED) is 0.301. The number of hydrogen-bond donors (Lipinski definition) is 2. The van der Waals surface area contributed by atoms with Crippen LogP contribution >= 0.6 is 0 Å². The average Bonchev–Trinajstić information content (AvgIpc) is 2.75. The lowest BCUT2D eigenvalue weighted by Gasteiger charge is -2.23. The number of nitrogens with one attached hydrogen (secondary N) is 1. The van der Waals surface area contributed by atoms with Crippen molar-refractivity contribution in [3.8, 4) is 0 Å². The first-order chi connectivity index (χ1) is 8.08. The molecular weight excluding hydrogens is 218 g/mol. The molecule has 1 rings (SSSR count). The Morgan fingerprint density at radius 2 is 2.35 bits per heavy atom. The Kier molecular flexibility index (Phi) is 5.67. The lowest BCUT2D eigenvalue weighted by Crippen LogP contribution is -2.45. The van der Waals surface area contributed by atoms with E-state index in [0.29, 0.717) is 12.6 Å².